The molecule has 2 amide bonds. The lowest BCUT2D eigenvalue weighted by Gasteiger charge is -2.36. The summed E-state index contributed by atoms with van der Waals surface area (Å²) in [5.41, 5.74) is 7.39. The highest BCUT2D eigenvalue weighted by atomic mass is 32.2. The van der Waals surface area contributed by atoms with Crippen LogP contribution in [0.25, 0.3) is 11.1 Å². The van der Waals surface area contributed by atoms with Gasteiger partial charge in [-0.3, -0.25) is 14.8 Å². The molecule has 1 saturated heterocycles. The van der Waals surface area contributed by atoms with Crippen LogP contribution in [-0.2, 0) is 32.2 Å². The van der Waals surface area contributed by atoms with Gasteiger partial charge in [-0.05, 0) is 52.4 Å². The fourth-order valence-electron chi connectivity index (χ4n) is 5.08. The molecule has 3 aromatic carbocycles. The number of pyridine rings is 1. The first-order valence-electron chi connectivity index (χ1n) is 14.9. The highest BCUT2D eigenvalue weighted by molar-refractivity contribution is 7.99. The van der Waals surface area contributed by atoms with Gasteiger partial charge in [0.2, 0.25) is 11.8 Å². The fraction of sp³-hybridized carbons (Fsp3) is 0.286. The Balaban J connectivity index is 1.24. The van der Waals surface area contributed by atoms with E-state index in [1.54, 1.807) is 23.4 Å². The Labute approximate surface area is 267 Å². The van der Waals surface area contributed by atoms with E-state index in [9.17, 15) is 14.7 Å². The number of hydrogen-bond donors (Lipinski definition) is 4. The van der Waals surface area contributed by atoms with E-state index >= 15 is 0 Å². The van der Waals surface area contributed by atoms with E-state index in [0.29, 0.717) is 19.4 Å². The second-order valence-corrected chi connectivity index (χ2v) is 11.9. The average molecular weight is 628 g/mol. The average Bonchev–Trinajstić information content (AvgIpc) is 3.10. The summed E-state index contributed by atoms with van der Waals surface area (Å²) < 4.78 is 13.0. The largest absolute Gasteiger partial charge is 0.392 e. The molecule has 4 N–H and O–H groups in total. The SMILES string of the molecule is O=C(CCCC(=O)NCc1cccc(-c2ccc([C@H]3O[C@@H](CSc4ccccn4)C[C@@H](c4ccc(CO)cc4)O3)cc2)c1)NO. The molecule has 0 saturated carbocycles. The number of ether oxygens (including phenoxy) is 2. The van der Waals surface area contributed by atoms with Crippen molar-refractivity contribution in [1.82, 2.24) is 15.8 Å². The highest BCUT2D eigenvalue weighted by Crippen LogP contribution is 2.39. The fourth-order valence-corrected chi connectivity index (χ4v) is 5.96. The number of carbonyl (C=O) groups excluding carboxylic acids is 2. The Bertz CT molecular complexity index is 1540. The molecular formula is C35H37N3O6S. The molecule has 234 valence electrons. The summed E-state index contributed by atoms with van der Waals surface area (Å²) >= 11 is 1.66. The Kier molecular flexibility index (Phi) is 11.7. The Hall–Kier alpha value is -4.06. The van der Waals surface area contributed by atoms with Gasteiger partial charge in [0, 0.05) is 43.3 Å². The number of thioether (sulfide) groups is 1. The van der Waals surface area contributed by atoms with Crippen molar-refractivity contribution in [3.8, 4) is 11.1 Å². The number of aliphatic hydroxyl groups is 1. The number of aliphatic hydroxyl groups excluding tert-OH is 1. The van der Waals surface area contributed by atoms with Gasteiger partial charge in [0.05, 0.1) is 23.8 Å². The van der Waals surface area contributed by atoms with Crippen LogP contribution in [0.2, 0.25) is 0 Å². The smallest absolute Gasteiger partial charge is 0.243 e. The summed E-state index contributed by atoms with van der Waals surface area (Å²) in [6.07, 6.45) is 2.39. The van der Waals surface area contributed by atoms with Crippen LogP contribution in [0.3, 0.4) is 0 Å². The number of aromatic nitrogens is 1. The van der Waals surface area contributed by atoms with E-state index in [1.807, 2.05) is 91.0 Å². The summed E-state index contributed by atoms with van der Waals surface area (Å²) in [4.78, 5) is 27.7. The molecule has 9 nitrogen and oxygen atoms in total. The van der Waals surface area contributed by atoms with E-state index in [2.05, 4.69) is 10.3 Å². The maximum Gasteiger partial charge on any atom is 0.243 e. The summed E-state index contributed by atoms with van der Waals surface area (Å²) in [5, 5.41) is 21.9. The van der Waals surface area contributed by atoms with Crippen LogP contribution in [0.15, 0.2) is 102 Å². The molecular weight excluding hydrogens is 590 g/mol. The molecule has 1 aliphatic heterocycles. The number of nitrogens with zero attached hydrogens (tertiary/aromatic N) is 1. The second kappa shape index (κ2) is 16.3. The number of nitrogens with one attached hydrogen (secondary N) is 2. The van der Waals surface area contributed by atoms with Crippen LogP contribution in [-0.4, -0.2) is 39.0 Å². The second-order valence-electron chi connectivity index (χ2n) is 10.8. The zero-order valence-corrected chi connectivity index (χ0v) is 25.6. The summed E-state index contributed by atoms with van der Waals surface area (Å²) in [6.45, 7) is 0.372. The molecule has 3 atom stereocenters. The third-order valence-corrected chi connectivity index (χ3v) is 8.61. The van der Waals surface area contributed by atoms with Gasteiger partial charge in [0.25, 0.3) is 0 Å². The minimum Gasteiger partial charge on any atom is -0.392 e. The van der Waals surface area contributed by atoms with Crippen molar-refractivity contribution in [1.29, 1.82) is 0 Å². The Morgan fingerprint density at radius 2 is 1.62 bits per heavy atom. The van der Waals surface area contributed by atoms with Gasteiger partial charge in [-0.1, -0.05) is 72.8 Å². The molecule has 0 bridgehead atoms. The van der Waals surface area contributed by atoms with E-state index in [4.69, 9.17) is 14.7 Å². The third-order valence-electron chi connectivity index (χ3n) is 7.54. The van der Waals surface area contributed by atoms with Gasteiger partial charge in [-0.15, -0.1) is 11.8 Å². The predicted molar refractivity (Wildman–Crippen MR) is 171 cm³/mol. The summed E-state index contributed by atoms with van der Waals surface area (Å²) in [7, 11) is 0. The van der Waals surface area contributed by atoms with Crippen molar-refractivity contribution in [3.05, 3.63) is 119 Å². The molecule has 5 rings (SSSR count). The molecule has 1 aromatic heterocycles. The topological polar surface area (TPSA) is 130 Å². The van der Waals surface area contributed by atoms with Crippen LogP contribution in [0, 0.1) is 0 Å². The van der Waals surface area contributed by atoms with Crippen LogP contribution in [0.4, 0.5) is 0 Å². The zero-order chi connectivity index (χ0) is 31.4. The van der Waals surface area contributed by atoms with Gasteiger partial charge >= 0.3 is 0 Å². The van der Waals surface area contributed by atoms with Gasteiger partial charge in [-0.2, -0.15) is 0 Å². The molecule has 4 aromatic rings. The molecule has 0 spiro atoms. The first-order chi connectivity index (χ1) is 22.0. The van der Waals surface area contributed by atoms with Crippen molar-refractivity contribution in [2.45, 2.75) is 62.4 Å². The van der Waals surface area contributed by atoms with Crippen molar-refractivity contribution in [2.75, 3.05) is 5.75 Å². The minimum absolute atomic E-state index is 0.00182. The molecule has 0 radical (unpaired) electrons. The maximum absolute atomic E-state index is 12.2. The van der Waals surface area contributed by atoms with Crippen LogP contribution in [0.1, 0.15) is 60.3 Å². The highest BCUT2D eigenvalue weighted by Gasteiger charge is 2.32. The normalized spacial score (nSPS) is 17.9. The zero-order valence-electron chi connectivity index (χ0n) is 24.8. The number of benzene rings is 3. The maximum atomic E-state index is 12.2. The van der Waals surface area contributed by atoms with E-state index < -0.39 is 12.2 Å². The van der Waals surface area contributed by atoms with Gasteiger partial charge < -0.3 is 19.9 Å². The standard InChI is InChI=1S/C35H37N3O6S/c39-22-24-10-12-27(13-11-24)31-20-30(23-45-34-9-1-2-18-36-34)43-35(44-31)28-16-14-26(15-17-28)29-6-3-5-25(19-29)21-37-32(40)7-4-8-33(41)38-42/h1-3,5-6,9-19,30-31,35,39,42H,4,7-8,20-23H2,(H,37,40)(H,38,41)/t30-,31+,35+/m1/s1. The van der Waals surface area contributed by atoms with E-state index in [0.717, 1.165) is 44.2 Å². The lowest BCUT2D eigenvalue weighted by Crippen LogP contribution is -2.31. The van der Waals surface area contributed by atoms with Crippen molar-refractivity contribution in [3.63, 3.8) is 0 Å². The molecule has 45 heavy (non-hydrogen) atoms. The number of amides is 2. The van der Waals surface area contributed by atoms with Crippen molar-refractivity contribution >= 4 is 23.6 Å². The Morgan fingerprint density at radius 1 is 0.844 bits per heavy atom. The van der Waals surface area contributed by atoms with Crippen molar-refractivity contribution in [2.24, 2.45) is 0 Å². The lowest BCUT2D eigenvalue weighted by atomic mass is 9.99. The molecule has 0 aliphatic carbocycles. The number of hydroxylamine groups is 1. The number of hydrogen-bond acceptors (Lipinski definition) is 8. The van der Waals surface area contributed by atoms with Gasteiger partial charge in [0.15, 0.2) is 6.29 Å². The van der Waals surface area contributed by atoms with E-state index in [-0.39, 0.29) is 37.6 Å². The molecule has 1 aliphatic rings. The molecule has 1 fully saturated rings. The predicted octanol–water partition coefficient (Wildman–Crippen LogP) is 5.87. The quantitative estimate of drug-likeness (QED) is 0.0823. The minimum atomic E-state index is -0.547. The van der Waals surface area contributed by atoms with Gasteiger partial charge in [0.1, 0.15) is 0 Å². The molecule has 0 unspecified atom stereocenters. The van der Waals surface area contributed by atoms with Crippen LogP contribution in [0.5, 0.6) is 0 Å². The molecule has 10 heteroatoms. The van der Waals surface area contributed by atoms with E-state index in [1.165, 1.54) is 0 Å². The number of carbonyl (C=O) groups is 2. The van der Waals surface area contributed by atoms with Gasteiger partial charge in [-0.25, -0.2) is 10.5 Å². The first kappa shape index (κ1) is 32.3. The lowest BCUT2D eigenvalue weighted by molar-refractivity contribution is -0.245. The number of rotatable bonds is 13. The molecule has 2 heterocycles. The summed E-state index contributed by atoms with van der Waals surface area (Å²) in [5.74, 6) is 0.0832. The van der Waals surface area contributed by atoms with Crippen LogP contribution < -0.4 is 10.8 Å². The third kappa shape index (κ3) is 9.46. The Morgan fingerprint density at radius 3 is 2.36 bits per heavy atom. The monoisotopic (exact) mass is 627 g/mol. The first-order valence-corrected chi connectivity index (χ1v) is 15.9. The van der Waals surface area contributed by atoms with Crippen LogP contribution >= 0.6 is 11.8 Å². The summed E-state index contributed by atoms with van der Waals surface area (Å²) in [6, 6.07) is 29.9. The van der Waals surface area contributed by atoms with Crippen molar-refractivity contribution < 1.29 is 29.4 Å².